The Morgan fingerprint density at radius 2 is 2.00 bits per heavy atom. The van der Waals surface area contributed by atoms with E-state index in [0.717, 1.165) is 17.0 Å². The van der Waals surface area contributed by atoms with E-state index in [0.29, 0.717) is 17.4 Å². The number of nitrogen functional groups attached to an aromatic ring is 1. The second-order valence-corrected chi connectivity index (χ2v) is 5.70. The van der Waals surface area contributed by atoms with E-state index in [1.54, 1.807) is 6.07 Å². The quantitative estimate of drug-likeness (QED) is 0.905. The summed E-state index contributed by atoms with van der Waals surface area (Å²) in [7, 11) is 1.95. The highest BCUT2D eigenvalue weighted by Gasteiger charge is 2.24. The molecule has 0 amide bonds. The molecule has 0 bridgehead atoms. The highest BCUT2D eigenvalue weighted by Crippen LogP contribution is 2.37. The summed E-state index contributed by atoms with van der Waals surface area (Å²) in [6.45, 7) is 1.96. The highest BCUT2D eigenvalue weighted by atomic mass is 19.1. The Morgan fingerprint density at radius 1 is 1.30 bits per heavy atom. The van der Waals surface area contributed by atoms with Gasteiger partial charge in [0.15, 0.2) is 0 Å². The topological polar surface area (TPSA) is 43.8 Å². The molecule has 1 aromatic carbocycles. The van der Waals surface area contributed by atoms with Gasteiger partial charge in [0.1, 0.15) is 23.2 Å². The Hall–Kier alpha value is -1.84. The SMILES string of the molecule is Cc1ccc(F)cc1-c1nc(C2CCCC2)n(C)c1N. The summed E-state index contributed by atoms with van der Waals surface area (Å²) in [5.41, 5.74) is 8.70. The van der Waals surface area contributed by atoms with E-state index >= 15 is 0 Å². The first-order valence-electron chi connectivity index (χ1n) is 7.16. The fraction of sp³-hybridized carbons (Fsp3) is 0.438. The summed E-state index contributed by atoms with van der Waals surface area (Å²) >= 11 is 0. The Morgan fingerprint density at radius 3 is 2.70 bits per heavy atom. The van der Waals surface area contributed by atoms with Crippen LogP contribution in [0, 0.1) is 12.7 Å². The van der Waals surface area contributed by atoms with Crippen molar-refractivity contribution < 1.29 is 4.39 Å². The van der Waals surface area contributed by atoms with Gasteiger partial charge in [0.2, 0.25) is 0 Å². The second-order valence-electron chi connectivity index (χ2n) is 5.70. The molecule has 1 heterocycles. The molecule has 0 radical (unpaired) electrons. The highest BCUT2D eigenvalue weighted by molar-refractivity contribution is 5.73. The third-order valence-corrected chi connectivity index (χ3v) is 4.35. The van der Waals surface area contributed by atoms with E-state index in [2.05, 4.69) is 0 Å². The number of aryl methyl sites for hydroxylation is 1. The molecule has 3 nitrogen and oxygen atoms in total. The lowest BCUT2D eigenvalue weighted by Crippen LogP contribution is -2.05. The van der Waals surface area contributed by atoms with Gasteiger partial charge in [0, 0.05) is 18.5 Å². The zero-order chi connectivity index (χ0) is 14.3. The molecular weight excluding hydrogens is 253 g/mol. The molecule has 3 rings (SSSR count). The van der Waals surface area contributed by atoms with E-state index in [9.17, 15) is 4.39 Å². The smallest absolute Gasteiger partial charge is 0.131 e. The van der Waals surface area contributed by atoms with Crippen LogP contribution in [-0.4, -0.2) is 9.55 Å². The average Bonchev–Trinajstić information content (AvgIpc) is 3.04. The summed E-state index contributed by atoms with van der Waals surface area (Å²) in [5, 5.41) is 0. The van der Waals surface area contributed by atoms with E-state index in [1.807, 2.05) is 18.5 Å². The maximum absolute atomic E-state index is 13.5. The van der Waals surface area contributed by atoms with E-state index in [4.69, 9.17) is 10.7 Å². The standard InChI is InChI=1S/C16H20FN3/c1-10-7-8-12(17)9-13(10)14-15(18)20(2)16(19-14)11-5-3-4-6-11/h7-9,11H,3-6,18H2,1-2H3. The van der Waals surface area contributed by atoms with Gasteiger partial charge >= 0.3 is 0 Å². The minimum atomic E-state index is -0.252. The Bertz CT molecular complexity index is 639. The number of nitrogens with zero attached hydrogens (tertiary/aromatic N) is 2. The zero-order valence-corrected chi connectivity index (χ0v) is 12.0. The molecule has 0 saturated heterocycles. The third-order valence-electron chi connectivity index (χ3n) is 4.35. The lowest BCUT2D eigenvalue weighted by molar-refractivity contribution is 0.627. The molecule has 4 heteroatoms. The van der Waals surface area contributed by atoms with Crippen molar-refractivity contribution >= 4 is 5.82 Å². The first kappa shape index (κ1) is 13.2. The largest absolute Gasteiger partial charge is 0.383 e. The van der Waals surface area contributed by atoms with Crippen molar-refractivity contribution in [2.24, 2.45) is 7.05 Å². The van der Waals surface area contributed by atoms with Crippen molar-refractivity contribution in [1.29, 1.82) is 0 Å². The predicted molar refractivity (Wildman–Crippen MR) is 79.0 cm³/mol. The molecule has 0 spiro atoms. The maximum Gasteiger partial charge on any atom is 0.131 e. The lowest BCUT2D eigenvalue weighted by atomic mass is 10.1. The van der Waals surface area contributed by atoms with Gasteiger partial charge in [-0.2, -0.15) is 0 Å². The molecule has 0 aliphatic heterocycles. The van der Waals surface area contributed by atoms with Crippen LogP contribution in [0.15, 0.2) is 18.2 Å². The van der Waals surface area contributed by atoms with E-state index in [-0.39, 0.29) is 5.82 Å². The fourth-order valence-corrected chi connectivity index (χ4v) is 3.13. The number of nitrogens with two attached hydrogens (primary N) is 1. The van der Waals surface area contributed by atoms with Gasteiger partial charge in [0.05, 0.1) is 0 Å². The fourth-order valence-electron chi connectivity index (χ4n) is 3.13. The maximum atomic E-state index is 13.5. The van der Waals surface area contributed by atoms with Gasteiger partial charge in [-0.3, -0.25) is 0 Å². The molecule has 0 unspecified atom stereocenters. The van der Waals surface area contributed by atoms with Crippen molar-refractivity contribution in [3.8, 4) is 11.3 Å². The summed E-state index contributed by atoms with van der Waals surface area (Å²) < 4.78 is 15.5. The normalized spacial score (nSPS) is 15.9. The number of rotatable bonds is 2. The average molecular weight is 273 g/mol. The van der Waals surface area contributed by atoms with Crippen LogP contribution in [0.2, 0.25) is 0 Å². The van der Waals surface area contributed by atoms with Crippen molar-refractivity contribution in [3.05, 3.63) is 35.4 Å². The summed E-state index contributed by atoms with van der Waals surface area (Å²) in [6, 6.07) is 4.76. The molecule has 1 aliphatic rings. The van der Waals surface area contributed by atoms with Crippen LogP contribution in [-0.2, 0) is 7.05 Å². The van der Waals surface area contributed by atoms with Crippen molar-refractivity contribution in [2.45, 2.75) is 38.5 Å². The molecule has 1 fully saturated rings. The molecule has 1 saturated carbocycles. The van der Waals surface area contributed by atoms with Gasteiger partial charge in [-0.15, -0.1) is 0 Å². The van der Waals surface area contributed by atoms with Crippen LogP contribution in [0.25, 0.3) is 11.3 Å². The van der Waals surface area contributed by atoms with Crippen LogP contribution < -0.4 is 5.73 Å². The molecule has 2 N–H and O–H groups in total. The van der Waals surface area contributed by atoms with E-state index < -0.39 is 0 Å². The minimum Gasteiger partial charge on any atom is -0.383 e. The number of hydrogen-bond donors (Lipinski definition) is 1. The number of benzene rings is 1. The number of aromatic nitrogens is 2. The van der Waals surface area contributed by atoms with Crippen molar-refractivity contribution in [2.75, 3.05) is 5.73 Å². The monoisotopic (exact) mass is 273 g/mol. The molecule has 1 aromatic heterocycles. The number of anilines is 1. The first-order valence-corrected chi connectivity index (χ1v) is 7.16. The molecular formula is C16H20FN3. The summed E-state index contributed by atoms with van der Waals surface area (Å²) in [4.78, 5) is 4.73. The van der Waals surface area contributed by atoms with Crippen LogP contribution in [0.3, 0.4) is 0 Å². The predicted octanol–water partition coefficient (Wildman–Crippen LogP) is 3.77. The summed E-state index contributed by atoms with van der Waals surface area (Å²) in [5.74, 6) is 1.90. The van der Waals surface area contributed by atoms with Crippen LogP contribution in [0.1, 0.15) is 43.0 Å². The van der Waals surface area contributed by atoms with Gasteiger partial charge in [-0.05, 0) is 37.5 Å². The molecule has 0 atom stereocenters. The molecule has 20 heavy (non-hydrogen) atoms. The zero-order valence-electron chi connectivity index (χ0n) is 12.0. The van der Waals surface area contributed by atoms with Crippen molar-refractivity contribution in [1.82, 2.24) is 9.55 Å². The number of halogens is 1. The third kappa shape index (κ3) is 2.09. The Kier molecular flexibility index (Phi) is 3.24. The molecule has 106 valence electrons. The van der Waals surface area contributed by atoms with Gasteiger partial charge in [0.25, 0.3) is 0 Å². The Balaban J connectivity index is 2.10. The second kappa shape index (κ2) is 4.93. The Labute approximate surface area is 118 Å². The number of imidazole rings is 1. The van der Waals surface area contributed by atoms with Crippen LogP contribution >= 0.6 is 0 Å². The lowest BCUT2D eigenvalue weighted by Gasteiger charge is -2.08. The van der Waals surface area contributed by atoms with Crippen LogP contribution in [0.4, 0.5) is 10.2 Å². The summed E-state index contributed by atoms with van der Waals surface area (Å²) in [6.07, 6.45) is 4.86. The minimum absolute atomic E-state index is 0.252. The van der Waals surface area contributed by atoms with Gasteiger partial charge in [-0.1, -0.05) is 18.9 Å². The van der Waals surface area contributed by atoms with E-state index in [1.165, 1.54) is 37.8 Å². The van der Waals surface area contributed by atoms with Crippen LogP contribution in [0.5, 0.6) is 0 Å². The molecule has 1 aliphatic carbocycles. The van der Waals surface area contributed by atoms with Crippen molar-refractivity contribution in [3.63, 3.8) is 0 Å². The molecule has 2 aromatic rings. The first-order chi connectivity index (χ1) is 9.58. The van der Waals surface area contributed by atoms with Gasteiger partial charge in [-0.25, -0.2) is 9.37 Å². The van der Waals surface area contributed by atoms with Gasteiger partial charge < -0.3 is 10.3 Å². The number of hydrogen-bond acceptors (Lipinski definition) is 2.